The fourth-order valence-corrected chi connectivity index (χ4v) is 3.09. The Balaban J connectivity index is 1.71. The molecule has 28 heavy (non-hydrogen) atoms. The molecule has 142 valence electrons. The van der Waals surface area contributed by atoms with E-state index in [4.69, 9.17) is 4.42 Å². The Morgan fingerprint density at radius 2 is 1.93 bits per heavy atom. The summed E-state index contributed by atoms with van der Waals surface area (Å²) in [6.07, 6.45) is 5.41. The predicted molar refractivity (Wildman–Crippen MR) is 105 cm³/mol. The number of aryl methyl sites for hydroxylation is 2. The fraction of sp³-hybridized carbons (Fsp3) is 0.190. The second kappa shape index (κ2) is 7.19. The van der Waals surface area contributed by atoms with E-state index in [2.05, 4.69) is 10.2 Å². The third-order valence-electron chi connectivity index (χ3n) is 4.46. The smallest absolute Gasteiger partial charge is 0.257 e. The van der Waals surface area contributed by atoms with Gasteiger partial charge in [0, 0.05) is 38.6 Å². The van der Waals surface area contributed by atoms with Gasteiger partial charge in [-0.3, -0.25) is 9.48 Å². The van der Waals surface area contributed by atoms with Crippen molar-refractivity contribution < 1.29 is 9.21 Å². The standard InChI is InChI=1S/C21H21N5O2/c1-15-9-10-19(28-15)20-18(14-26(23-20)17-7-5-4-6-8-17)21(27)24(2)12-16-11-22-25(3)13-16/h4-11,13-14H,12H2,1-3H3. The van der Waals surface area contributed by atoms with Crippen LogP contribution in [0.25, 0.3) is 17.1 Å². The molecule has 0 spiro atoms. The number of hydrogen-bond donors (Lipinski definition) is 0. The first-order chi connectivity index (χ1) is 13.5. The number of hydrogen-bond acceptors (Lipinski definition) is 4. The van der Waals surface area contributed by atoms with Crippen molar-refractivity contribution in [3.05, 3.63) is 77.9 Å². The first kappa shape index (κ1) is 17.8. The van der Waals surface area contributed by atoms with E-state index >= 15 is 0 Å². The number of rotatable bonds is 5. The summed E-state index contributed by atoms with van der Waals surface area (Å²) < 4.78 is 9.18. The second-order valence-corrected chi connectivity index (χ2v) is 6.77. The number of carbonyl (C=O) groups is 1. The summed E-state index contributed by atoms with van der Waals surface area (Å²) in [6, 6.07) is 13.4. The van der Waals surface area contributed by atoms with Crippen molar-refractivity contribution in [3.8, 4) is 17.1 Å². The summed E-state index contributed by atoms with van der Waals surface area (Å²) in [5, 5.41) is 8.80. The van der Waals surface area contributed by atoms with Crippen molar-refractivity contribution in [1.29, 1.82) is 0 Å². The highest BCUT2D eigenvalue weighted by Crippen LogP contribution is 2.27. The van der Waals surface area contributed by atoms with E-state index in [1.54, 1.807) is 33.7 Å². The molecule has 0 saturated heterocycles. The van der Waals surface area contributed by atoms with Crippen LogP contribution in [0.3, 0.4) is 0 Å². The molecule has 3 aromatic heterocycles. The van der Waals surface area contributed by atoms with Crippen LogP contribution in [0.1, 0.15) is 21.7 Å². The highest BCUT2D eigenvalue weighted by molar-refractivity contribution is 5.99. The molecule has 4 rings (SSSR count). The van der Waals surface area contributed by atoms with Crippen LogP contribution >= 0.6 is 0 Å². The molecule has 0 bridgehead atoms. The Morgan fingerprint density at radius 3 is 2.57 bits per heavy atom. The maximum absolute atomic E-state index is 13.2. The first-order valence-corrected chi connectivity index (χ1v) is 8.96. The molecule has 0 aliphatic carbocycles. The van der Waals surface area contributed by atoms with Gasteiger partial charge in [0.2, 0.25) is 0 Å². The van der Waals surface area contributed by atoms with Crippen LogP contribution in [-0.4, -0.2) is 37.4 Å². The largest absolute Gasteiger partial charge is 0.460 e. The summed E-state index contributed by atoms with van der Waals surface area (Å²) in [5.41, 5.74) is 2.86. The van der Waals surface area contributed by atoms with Crippen LogP contribution in [0.5, 0.6) is 0 Å². The molecular formula is C21H21N5O2. The van der Waals surface area contributed by atoms with Gasteiger partial charge in [-0.25, -0.2) is 4.68 Å². The molecule has 0 unspecified atom stereocenters. The van der Waals surface area contributed by atoms with Crippen molar-refractivity contribution in [2.24, 2.45) is 7.05 Å². The van der Waals surface area contributed by atoms with Gasteiger partial charge >= 0.3 is 0 Å². The number of furan rings is 1. The average molecular weight is 375 g/mol. The lowest BCUT2D eigenvalue weighted by atomic mass is 10.2. The van der Waals surface area contributed by atoms with Crippen LogP contribution in [-0.2, 0) is 13.6 Å². The Bertz CT molecular complexity index is 1110. The van der Waals surface area contributed by atoms with Crippen LogP contribution in [0, 0.1) is 6.92 Å². The Labute approximate surface area is 162 Å². The Hall–Kier alpha value is -3.61. The number of carbonyl (C=O) groups excluding carboxylic acids is 1. The van der Waals surface area contributed by atoms with E-state index in [1.807, 2.05) is 62.6 Å². The summed E-state index contributed by atoms with van der Waals surface area (Å²) in [7, 11) is 3.62. The molecule has 0 atom stereocenters. The summed E-state index contributed by atoms with van der Waals surface area (Å²) in [5.74, 6) is 1.21. The first-order valence-electron chi connectivity index (χ1n) is 8.96. The SMILES string of the molecule is Cc1ccc(-c2nn(-c3ccccc3)cc2C(=O)N(C)Cc2cnn(C)c2)o1. The van der Waals surface area contributed by atoms with E-state index < -0.39 is 0 Å². The molecule has 0 radical (unpaired) electrons. The summed E-state index contributed by atoms with van der Waals surface area (Å²) in [6.45, 7) is 2.33. The van der Waals surface area contributed by atoms with Crippen LogP contribution in [0.2, 0.25) is 0 Å². The molecule has 1 aromatic carbocycles. The molecule has 0 fully saturated rings. The van der Waals surface area contributed by atoms with Gasteiger partial charge in [0.05, 0.1) is 17.4 Å². The number of benzene rings is 1. The van der Waals surface area contributed by atoms with Gasteiger partial charge in [-0.15, -0.1) is 0 Å². The van der Waals surface area contributed by atoms with E-state index in [0.29, 0.717) is 23.6 Å². The van der Waals surface area contributed by atoms with E-state index in [1.165, 1.54) is 0 Å². The zero-order valence-corrected chi connectivity index (χ0v) is 16.0. The quantitative estimate of drug-likeness (QED) is 0.536. The molecule has 1 amide bonds. The van der Waals surface area contributed by atoms with Crippen molar-refractivity contribution in [3.63, 3.8) is 0 Å². The number of para-hydroxylation sites is 1. The van der Waals surface area contributed by atoms with E-state index in [9.17, 15) is 4.79 Å². The topological polar surface area (TPSA) is 69.1 Å². The monoisotopic (exact) mass is 375 g/mol. The number of aromatic nitrogens is 4. The average Bonchev–Trinajstić information content (AvgIpc) is 3.41. The maximum Gasteiger partial charge on any atom is 0.257 e. The van der Waals surface area contributed by atoms with Crippen molar-refractivity contribution in [2.45, 2.75) is 13.5 Å². The van der Waals surface area contributed by atoms with Crippen LogP contribution < -0.4 is 0 Å². The number of nitrogens with zero attached hydrogens (tertiary/aromatic N) is 5. The van der Waals surface area contributed by atoms with Crippen LogP contribution in [0.15, 0.2) is 65.5 Å². The molecule has 0 N–H and O–H groups in total. The van der Waals surface area contributed by atoms with Gasteiger partial charge < -0.3 is 9.32 Å². The molecule has 3 heterocycles. The lowest BCUT2D eigenvalue weighted by molar-refractivity contribution is 0.0785. The predicted octanol–water partition coefficient (Wildman–Crippen LogP) is 3.45. The Morgan fingerprint density at radius 1 is 1.14 bits per heavy atom. The molecular weight excluding hydrogens is 354 g/mol. The fourth-order valence-electron chi connectivity index (χ4n) is 3.09. The highest BCUT2D eigenvalue weighted by atomic mass is 16.3. The van der Waals surface area contributed by atoms with Crippen molar-refractivity contribution in [2.75, 3.05) is 7.05 Å². The van der Waals surface area contributed by atoms with Gasteiger partial charge in [0.25, 0.3) is 5.91 Å². The molecule has 4 aromatic rings. The second-order valence-electron chi connectivity index (χ2n) is 6.77. The zero-order chi connectivity index (χ0) is 19.7. The highest BCUT2D eigenvalue weighted by Gasteiger charge is 2.23. The normalized spacial score (nSPS) is 11.0. The molecule has 0 aliphatic heterocycles. The molecule has 0 saturated carbocycles. The lowest BCUT2D eigenvalue weighted by Crippen LogP contribution is -2.26. The molecule has 7 nitrogen and oxygen atoms in total. The van der Waals surface area contributed by atoms with Gasteiger partial charge in [0.1, 0.15) is 11.5 Å². The van der Waals surface area contributed by atoms with Crippen molar-refractivity contribution in [1.82, 2.24) is 24.5 Å². The third-order valence-corrected chi connectivity index (χ3v) is 4.46. The minimum absolute atomic E-state index is 0.130. The summed E-state index contributed by atoms with van der Waals surface area (Å²) >= 11 is 0. The number of amides is 1. The minimum atomic E-state index is -0.130. The van der Waals surface area contributed by atoms with E-state index in [0.717, 1.165) is 17.0 Å². The van der Waals surface area contributed by atoms with E-state index in [-0.39, 0.29) is 5.91 Å². The van der Waals surface area contributed by atoms with Gasteiger partial charge in [-0.2, -0.15) is 10.2 Å². The lowest BCUT2D eigenvalue weighted by Gasteiger charge is -2.15. The van der Waals surface area contributed by atoms with Gasteiger partial charge in [-0.05, 0) is 31.2 Å². The minimum Gasteiger partial charge on any atom is -0.460 e. The van der Waals surface area contributed by atoms with Crippen molar-refractivity contribution >= 4 is 5.91 Å². The molecule has 0 aliphatic rings. The zero-order valence-electron chi connectivity index (χ0n) is 16.0. The van der Waals surface area contributed by atoms with Gasteiger partial charge in [-0.1, -0.05) is 18.2 Å². The van der Waals surface area contributed by atoms with Crippen LogP contribution in [0.4, 0.5) is 0 Å². The maximum atomic E-state index is 13.2. The summed E-state index contributed by atoms with van der Waals surface area (Å²) in [4.78, 5) is 14.9. The molecule has 7 heteroatoms. The Kier molecular flexibility index (Phi) is 4.57. The third kappa shape index (κ3) is 3.46. The van der Waals surface area contributed by atoms with Gasteiger partial charge in [0.15, 0.2) is 5.76 Å².